The Morgan fingerprint density at radius 1 is 1.12 bits per heavy atom. The first-order chi connectivity index (χ1) is 15.3. The van der Waals surface area contributed by atoms with Crippen molar-refractivity contribution in [3.63, 3.8) is 0 Å². The van der Waals surface area contributed by atoms with Gasteiger partial charge in [-0.3, -0.25) is 4.79 Å². The van der Waals surface area contributed by atoms with Crippen molar-refractivity contribution in [3.05, 3.63) is 69.9 Å². The van der Waals surface area contributed by atoms with Crippen LogP contribution in [-0.2, 0) is 11.8 Å². The van der Waals surface area contributed by atoms with Gasteiger partial charge in [-0.15, -0.1) is 4.73 Å². The van der Waals surface area contributed by atoms with Crippen molar-refractivity contribution in [2.75, 3.05) is 19.5 Å². The van der Waals surface area contributed by atoms with E-state index >= 15 is 0 Å². The van der Waals surface area contributed by atoms with E-state index in [1.54, 1.807) is 36.1 Å². The van der Waals surface area contributed by atoms with Gasteiger partial charge in [0.25, 0.3) is 5.56 Å². The van der Waals surface area contributed by atoms with Crippen molar-refractivity contribution in [2.45, 2.75) is 13.8 Å². The quantitative estimate of drug-likeness (QED) is 0.483. The monoisotopic (exact) mass is 433 g/mol. The van der Waals surface area contributed by atoms with Gasteiger partial charge < -0.3 is 19.5 Å². The van der Waals surface area contributed by atoms with Crippen LogP contribution in [0, 0.1) is 13.8 Å². The number of carbonyl (C=O) groups excluding carboxylic acids is 1. The zero-order valence-electron chi connectivity index (χ0n) is 18.5. The molecule has 0 saturated heterocycles. The summed E-state index contributed by atoms with van der Waals surface area (Å²) < 4.78 is 7.57. The first-order valence-corrected chi connectivity index (χ1v) is 9.89. The number of ether oxygens (including phenoxy) is 1. The molecule has 0 aliphatic heterocycles. The van der Waals surface area contributed by atoms with E-state index in [-0.39, 0.29) is 11.5 Å². The predicted molar refractivity (Wildman–Crippen MR) is 121 cm³/mol. The van der Waals surface area contributed by atoms with E-state index in [0.717, 1.165) is 21.4 Å². The van der Waals surface area contributed by atoms with Crippen LogP contribution < -0.4 is 15.7 Å². The zero-order chi connectivity index (χ0) is 23.0. The summed E-state index contributed by atoms with van der Waals surface area (Å²) in [5.41, 5.74) is 4.37. The van der Waals surface area contributed by atoms with E-state index in [0.29, 0.717) is 28.0 Å². The summed E-state index contributed by atoms with van der Waals surface area (Å²) in [5, 5.41) is 3.70. The molecule has 32 heavy (non-hydrogen) atoms. The largest absolute Gasteiger partial charge is 0.464 e. The molecule has 0 unspecified atom stereocenters. The van der Waals surface area contributed by atoms with Gasteiger partial charge in [-0.1, -0.05) is 18.2 Å². The number of rotatable bonds is 5. The lowest BCUT2D eigenvalue weighted by atomic mass is 9.96. The van der Waals surface area contributed by atoms with Crippen LogP contribution in [0.1, 0.15) is 21.6 Å². The number of benzene rings is 1. The van der Waals surface area contributed by atoms with Crippen molar-refractivity contribution in [1.82, 2.24) is 19.3 Å². The standard InChI is InChI=1S/C23H23N5O4/c1-13-7-6-8-14(2)19(13)17-9-15-11-24-23(26-20(15)28(32-5)21(17)29)25-16-10-18(22(30)31-4)27(3)12-16/h6-12H,1-5H3,(H,24,25,26). The summed E-state index contributed by atoms with van der Waals surface area (Å²) in [6.07, 6.45) is 3.34. The van der Waals surface area contributed by atoms with Crippen LogP contribution in [0.2, 0.25) is 0 Å². The molecule has 3 aromatic heterocycles. The number of aryl methyl sites for hydroxylation is 3. The van der Waals surface area contributed by atoms with Crippen molar-refractivity contribution >= 4 is 28.6 Å². The summed E-state index contributed by atoms with van der Waals surface area (Å²) in [7, 11) is 4.48. The highest BCUT2D eigenvalue weighted by atomic mass is 16.6. The summed E-state index contributed by atoms with van der Waals surface area (Å²) >= 11 is 0. The smallest absolute Gasteiger partial charge is 0.354 e. The Bertz CT molecular complexity index is 1380. The van der Waals surface area contributed by atoms with Gasteiger partial charge in [0, 0.05) is 24.8 Å². The minimum absolute atomic E-state index is 0.254. The highest BCUT2D eigenvalue weighted by Crippen LogP contribution is 2.27. The second kappa shape index (κ2) is 8.18. The maximum absolute atomic E-state index is 13.2. The SMILES string of the molecule is COC(=O)c1cc(Nc2ncc3cc(-c4c(C)cccc4C)c(=O)n(OC)c3n2)cn1C. The fourth-order valence-corrected chi connectivity index (χ4v) is 3.79. The molecule has 0 atom stereocenters. The van der Waals surface area contributed by atoms with Gasteiger partial charge in [0.05, 0.1) is 18.4 Å². The highest BCUT2D eigenvalue weighted by molar-refractivity contribution is 5.89. The van der Waals surface area contributed by atoms with Gasteiger partial charge in [-0.05, 0) is 42.7 Å². The fraction of sp³-hybridized carbons (Fsp3) is 0.217. The topological polar surface area (TPSA) is 100 Å². The normalized spacial score (nSPS) is 10.9. The number of methoxy groups -OCH3 is 1. The van der Waals surface area contributed by atoms with Crippen LogP contribution in [0.3, 0.4) is 0 Å². The Morgan fingerprint density at radius 3 is 2.50 bits per heavy atom. The number of hydrogen-bond donors (Lipinski definition) is 1. The first kappa shape index (κ1) is 21.1. The molecule has 1 N–H and O–H groups in total. The molecule has 9 heteroatoms. The molecule has 3 heterocycles. The van der Waals surface area contributed by atoms with Crippen molar-refractivity contribution < 1.29 is 14.4 Å². The average Bonchev–Trinajstić information content (AvgIpc) is 3.13. The lowest BCUT2D eigenvalue weighted by Gasteiger charge is -2.14. The number of fused-ring (bicyclic) bond motifs is 1. The molecule has 0 amide bonds. The number of aromatic nitrogens is 4. The molecule has 1 aromatic carbocycles. The Morgan fingerprint density at radius 2 is 1.84 bits per heavy atom. The predicted octanol–water partition coefficient (Wildman–Crippen LogP) is 3.00. The summed E-state index contributed by atoms with van der Waals surface area (Å²) in [6.45, 7) is 3.93. The number of nitrogens with one attached hydrogen (secondary N) is 1. The summed E-state index contributed by atoms with van der Waals surface area (Å²) in [4.78, 5) is 39.3. The number of anilines is 2. The van der Waals surface area contributed by atoms with Gasteiger partial charge in [0.2, 0.25) is 5.95 Å². The van der Waals surface area contributed by atoms with Crippen LogP contribution in [0.15, 0.2) is 47.5 Å². The molecule has 4 rings (SSSR count). The maximum atomic E-state index is 13.2. The lowest BCUT2D eigenvalue weighted by Crippen LogP contribution is -2.27. The van der Waals surface area contributed by atoms with E-state index in [2.05, 4.69) is 15.3 Å². The Kier molecular flexibility index (Phi) is 5.40. The van der Waals surface area contributed by atoms with Crippen LogP contribution >= 0.6 is 0 Å². The van der Waals surface area contributed by atoms with Crippen molar-refractivity contribution in [1.29, 1.82) is 0 Å². The fourth-order valence-electron chi connectivity index (χ4n) is 3.79. The molecule has 0 aliphatic rings. The van der Waals surface area contributed by atoms with E-state index in [9.17, 15) is 9.59 Å². The van der Waals surface area contributed by atoms with E-state index in [1.165, 1.54) is 14.2 Å². The molecule has 0 fully saturated rings. The van der Waals surface area contributed by atoms with Crippen molar-refractivity contribution in [2.24, 2.45) is 7.05 Å². The molecule has 4 aromatic rings. The zero-order valence-corrected chi connectivity index (χ0v) is 18.5. The number of carbonyl (C=O) groups is 1. The van der Waals surface area contributed by atoms with Crippen LogP contribution in [0.5, 0.6) is 0 Å². The average molecular weight is 433 g/mol. The molecule has 0 radical (unpaired) electrons. The molecule has 0 spiro atoms. The van der Waals surface area contributed by atoms with Gasteiger partial charge in [0.15, 0.2) is 5.65 Å². The minimum atomic E-state index is -0.452. The van der Waals surface area contributed by atoms with E-state index in [1.807, 2.05) is 32.0 Å². The lowest BCUT2D eigenvalue weighted by molar-refractivity contribution is 0.0590. The summed E-state index contributed by atoms with van der Waals surface area (Å²) in [6, 6.07) is 9.31. The van der Waals surface area contributed by atoms with Crippen LogP contribution in [0.4, 0.5) is 11.6 Å². The third-order valence-corrected chi connectivity index (χ3v) is 5.29. The highest BCUT2D eigenvalue weighted by Gasteiger charge is 2.17. The molecular formula is C23H23N5O4. The Balaban J connectivity index is 1.80. The number of pyridine rings is 1. The summed E-state index contributed by atoms with van der Waals surface area (Å²) in [5.74, 6) is -0.197. The van der Waals surface area contributed by atoms with E-state index < -0.39 is 5.97 Å². The Labute approximate surface area is 184 Å². The van der Waals surface area contributed by atoms with E-state index in [4.69, 9.17) is 9.57 Å². The number of esters is 1. The third-order valence-electron chi connectivity index (χ3n) is 5.29. The maximum Gasteiger partial charge on any atom is 0.354 e. The van der Waals surface area contributed by atoms with Gasteiger partial charge in [-0.2, -0.15) is 4.98 Å². The van der Waals surface area contributed by atoms with Gasteiger partial charge in [0.1, 0.15) is 12.8 Å². The molecule has 0 bridgehead atoms. The first-order valence-electron chi connectivity index (χ1n) is 9.89. The van der Waals surface area contributed by atoms with Crippen LogP contribution in [-0.4, -0.2) is 39.5 Å². The Hall–Kier alpha value is -4.14. The number of nitrogens with zero attached hydrogens (tertiary/aromatic N) is 4. The molecule has 0 saturated carbocycles. The number of hydrogen-bond acceptors (Lipinski definition) is 7. The molecular weight excluding hydrogens is 410 g/mol. The van der Waals surface area contributed by atoms with Gasteiger partial charge in [-0.25, -0.2) is 9.78 Å². The van der Waals surface area contributed by atoms with Gasteiger partial charge >= 0.3 is 5.97 Å². The third kappa shape index (κ3) is 3.58. The molecule has 9 nitrogen and oxygen atoms in total. The second-order valence-electron chi connectivity index (χ2n) is 7.42. The molecule has 164 valence electrons. The minimum Gasteiger partial charge on any atom is -0.464 e. The van der Waals surface area contributed by atoms with Crippen molar-refractivity contribution in [3.8, 4) is 11.1 Å². The second-order valence-corrected chi connectivity index (χ2v) is 7.42. The van der Waals surface area contributed by atoms with Crippen LogP contribution in [0.25, 0.3) is 22.2 Å². The molecule has 0 aliphatic carbocycles.